The van der Waals surface area contributed by atoms with Crippen LogP contribution in [0.4, 0.5) is 0 Å². The Hall–Kier alpha value is -0.880. The highest BCUT2D eigenvalue weighted by atomic mass is 32.2. The molecule has 0 aliphatic carbocycles. The van der Waals surface area contributed by atoms with Gasteiger partial charge in [0.05, 0.1) is 5.54 Å². The van der Waals surface area contributed by atoms with Crippen LogP contribution in [0.15, 0.2) is 12.2 Å². The maximum absolute atomic E-state index is 11.3. The predicted octanol–water partition coefficient (Wildman–Crippen LogP) is 0.734. The number of amides is 1. The minimum Gasteiger partial charge on any atom is -0.346 e. The van der Waals surface area contributed by atoms with Crippen LogP contribution < -0.4 is 5.32 Å². The summed E-state index contributed by atoms with van der Waals surface area (Å²) >= 11 is 0. The molecular formula is C9H17NO4S. The summed E-state index contributed by atoms with van der Waals surface area (Å²) in [5.41, 5.74) is -0.769. The summed E-state index contributed by atoms with van der Waals surface area (Å²) in [4.78, 5) is 11.3. The molecule has 15 heavy (non-hydrogen) atoms. The molecule has 88 valence electrons. The van der Waals surface area contributed by atoms with E-state index in [4.69, 9.17) is 4.55 Å². The van der Waals surface area contributed by atoms with Crippen molar-refractivity contribution in [3.05, 3.63) is 12.2 Å². The number of rotatable bonds is 4. The van der Waals surface area contributed by atoms with Gasteiger partial charge in [0.25, 0.3) is 10.1 Å². The molecule has 1 atom stereocenters. The fourth-order valence-corrected chi connectivity index (χ4v) is 1.68. The average Bonchev–Trinajstić information content (AvgIpc) is 2.00. The summed E-state index contributed by atoms with van der Waals surface area (Å²) in [6.07, 6.45) is 0. The Morgan fingerprint density at radius 3 is 2.13 bits per heavy atom. The predicted molar refractivity (Wildman–Crippen MR) is 58.0 cm³/mol. The van der Waals surface area contributed by atoms with Crippen LogP contribution in [0.5, 0.6) is 0 Å². The normalized spacial score (nSPS) is 14.5. The first-order chi connectivity index (χ1) is 6.48. The van der Waals surface area contributed by atoms with Gasteiger partial charge in [0.2, 0.25) is 5.91 Å². The number of carbonyl (C=O) groups is 1. The van der Waals surface area contributed by atoms with Gasteiger partial charge < -0.3 is 5.32 Å². The maximum Gasteiger partial charge on any atom is 0.269 e. The first-order valence-corrected chi connectivity index (χ1v) is 5.93. The van der Waals surface area contributed by atoms with E-state index in [9.17, 15) is 13.2 Å². The Balaban J connectivity index is 4.85. The molecule has 0 bridgehead atoms. The van der Waals surface area contributed by atoms with Gasteiger partial charge in [0.15, 0.2) is 0 Å². The van der Waals surface area contributed by atoms with Gasteiger partial charge in [-0.15, -0.1) is 0 Å². The van der Waals surface area contributed by atoms with Crippen LogP contribution in [0.25, 0.3) is 0 Å². The Morgan fingerprint density at radius 2 is 1.87 bits per heavy atom. The van der Waals surface area contributed by atoms with Crippen LogP contribution in [0.1, 0.15) is 27.7 Å². The molecule has 2 N–H and O–H groups in total. The summed E-state index contributed by atoms with van der Waals surface area (Å²) in [5.74, 6) is -0.435. The molecule has 0 heterocycles. The first-order valence-electron chi connectivity index (χ1n) is 4.43. The lowest BCUT2D eigenvalue weighted by atomic mass is 10.0. The third kappa shape index (κ3) is 4.01. The highest BCUT2D eigenvalue weighted by Gasteiger charge is 2.36. The third-order valence-electron chi connectivity index (χ3n) is 2.29. The van der Waals surface area contributed by atoms with Crippen molar-refractivity contribution in [2.24, 2.45) is 0 Å². The zero-order valence-corrected chi connectivity index (χ0v) is 10.2. The molecule has 0 rings (SSSR count). The van der Waals surface area contributed by atoms with E-state index in [2.05, 4.69) is 11.9 Å². The molecule has 1 amide bonds. The molecular weight excluding hydrogens is 218 g/mol. The van der Waals surface area contributed by atoms with Gasteiger partial charge >= 0.3 is 0 Å². The molecule has 0 aliphatic heterocycles. The van der Waals surface area contributed by atoms with Crippen LogP contribution >= 0.6 is 0 Å². The van der Waals surface area contributed by atoms with Gasteiger partial charge in [-0.25, -0.2) is 0 Å². The Bertz CT molecular complexity index is 370. The summed E-state index contributed by atoms with van der Waals surface area (Å²) in [5, 5.41) is 1.39. The monoisotopic (exact) mass is 235 g/mol. The van der Waals surface area contributed by atoms with Crippen molar-refractivity contribution in [1.82, 2.24) is 5.32 Å². The number of carbonyl (C=O) groups excluding carboxylic acids is 1. The lowest BCUT2D eigenvalue weighted by molar-refractivity contribution is -0.118. The lowest BCUT2D eigenvalue weighted by Crippen LogP contribution is -2.53. The highest BCUT2D eigenvalue weighted by molar-refractivity contribution is 7.86. The van der Waals surface area contributed by atoms with Crippen LogP contribution in [-0.4, -0.2) is 29.7 Å². The molecule has 6 heteroatoms. The van der Waals surface area contributed by atoms with Gasteiger partial charge in [-0.3, -0.25) is 9.35 Å². The average molecular weight is 235 g/mol. The SMILES string of the molecule is C=C(C)C(=O)NC(C)(C)C(C)S(=O)(=O)O. The van der Waals surface area contributed by atoms with E-state index in [0.29, 0.717) is 0 Å². The molecule has 0 fully saturated rings. The van der Waals surface area contributed by atoms with E-state index in [1.807, 2.05) is 0 Å². The summed E-state index contributed by atoms with van der Waals surface area (Å²) in [7, 11) is -4.18. The molecule has 0 aliphatic rings. The minimum atomic E-state index is -4.18. The Labute approximate surface area is 90.3 Å². The second kappa shape index (κ2) is 4.32. The largest absolute Gasteiger partial charge is 0.346 e. The maximum atomic E-state index is 11.3. The first kappa shape index (κ1) is 14.1. The molecule has 0 spiro atoms. The molecule has 5 nitrogen and oxygen atoms in total. The van der Waals surface area contributed by atoms with E-state index >= 15 is 0 Å². The Morgan fingerprint density at radius 1 is 1.47 bits per heavy atom. The molecule has 0 radical (unpaired) electrons. The zero-order valence-electron chi connectivity index (χ0n) is 9.36. The van der Waals surface area contributed by atoms with Crippen molar-refractivity contribution < 1.29 is 17.8 Å². The molecule has 1 unspecified atom stereocenters. The van der Waals surface area contributed by atoms with Crippen molar-refractivity contribution >= 4 is 16.0 Å². The van der Waals surface area contributed by atoms with Crippen LogP contribution in [0.3, 0.4) is 0 Å². The van der Waals surface area contributed by atoms with Gasteiger partial charge in [0, 0.05) is 5.57 Å². The minimum absolute atomic E-state index is 0.283. The van der Waals surface area contributed by atoms with Crippen LogP contribution in [0, 0.1) is 0 Å². The van der Waals surface area contributed by atoms with Gasteiger partial charge in [-0.05, 0) is 27.7 Å². The van der Waals surface area contributed by atoms with E-state index in [1.165, 1.54) is 27.7 Å². The van der Waals surface area contributed by atoms with Crippen molar-refractivity contribution in [3.8, 4) is 0 Å². The standard InChI is InChI=1S/C9H17NO4S/c1-6(2)8(11)10-9(4,5)7(3)15(12,13)14/h7H,1H2,2-5H3,(H,10,11)(H,12,13,14). The molecule has 0 aromatic heterocycles. The fourth-order valence-electron chi connectivity index (χ4n) is 0.873. The number of nitrogens with one attached hydrogen (secondary N) is 1. The second-order valence-corrected chi connectivity index (χ2v) is 5.85. The van der Waals surface area contributed by atoms with E-state index < -0.39 is 26.8 Å². The molecule has 0 saturated heterocycles. The summed E-state index contributed by atoms with van der Waals surface area (Å²) in [6.45, 7) is 9.32. The Kier molecular flexibility index (Phi) is 4.07. The van der Waals surface area contributed by atoms with Gasteiger partial charge in [-0.2, -0.15) is 8.42 Å². The zero-order chi connectivity index (χ0) is 12.4. The quantitative estimate of drug-likeness (QED) is 0.556. The van der Waals surface area contributed by atoms with Crippen molar-refractivity contribution in [2.75, 3.05) is 0 Å². The number of hydrogen-bond acceptors (Lipinski definition) is 3. The second-order valence-electron chi connectivity index (χ2n) is 4.11. The topological polar surface area (TPSA) is 83.5 Å². The third-order valence-corrected chi connectivity index (χ3v) is 3.77. The van der Waals surface area contributed by atoms with Crippen LogP contribution in [0.2, 0.25) is 0 Å². The van der Waals surface area contributed by atoms with Crippen LogP contribution in [-0.2, 0) is 14.9 Å². The smallest absolute Gasteiger partial charge is 0.269 e. The van der Waals surface area contributed by atoms with Crippen molar-refractivity contribution in [3.63, 3.8) is 0 Å². The molecule has 0 saturated carbocycles. The van der Waals surface area contributed by atoms with Gasteiger partial charge in [-0.1, -0.05) is 6.58 Å². The summed E-state index contributed by atoms with van der Waals surface area (Å²) < 4.78 is 30.7. The molecule has 0 aromatic carbocycles. The van der Waals surface area contributed by atoms with Gasteiger partial charge in [0.1, 0.15) is 5.25 Å². The fraction of sp³-hybridized carbons (Fsp3) is 0.667. The summed E-state index contributed by atoms with van der Waals surface area (Å²) in [6, 6.07) is 0. The molecule has 0 aromatic rings. The van der Waals surface area contributed by atoms with Crippen molar-refractivity contribution in [2.45, 2.75) is 38.5 Å². The number of hydrogen-bond donors (Lipinski definition) is 2. The van der Waals surface area contributed by atoms with E-state index in [-0.39, 0.29) is 5.57 Å². The van der Waals surface area contributed by atoms with Crippen molar-refractivity contribution in [1.29, 1.82) is 0 Å². The van der Waals surface area contributed by atoms with E-state index in [0.717, 1.165) is 0 Å². The van der Waals surface area contributed by atoms with E-state index in [1.54, 1.807) is 0 Å². The lowest BCUT2D eigenvalue weighted by Gasteiger charge is -2.30. The highest BCUT2D eigenvalue weighted by Crippen LogP contribution is 2.16.